The highest BCUT2D eigenvalue weighted by Gasteiger charge is 2.18. The summed E-state index contributed by atoms with van der Waals surface area (Å²) >= 11 is 0. The zero-order valence-electron chi connectivity index (χ0n) is 10.9. The summed E-state index contributed by atoms with van der Waals surface area (Å²) in [4.78, 5) is 15.6. The normalized spacial score (nSPS) is 16.9. The molecule has 0 spiro atoms. The zero-order chi connectivity index (χ0) is 13.1. The molecule has 4 heteroatoms. The number of nitrogens with zero attached hydrogens (tertiary/aromatic N) is 2. The van der Waals surface area contributed by atoms with E-state index in [2.05, 4.69) is 11.8 Å². The predicted molar refractivity (Wildman–Crippen MR) is 70.7 cm³/mol. The number of halogens is 1. The van der Waals surface area contributed by atoms with Gasteiger partial charge in [0, 0.05) is 31.7 Å². The molecular weight excluding hydrogens is 231 g/mol. The van der Waals surface area contributed by atoms with E-state index in [-0.39, 0.29) is 11.6 Å². The number of likely N-dealkylation sites (N-methyl/N-ethyl adjacent to an activating group) is 1. The number of anilines is 1. The summed E-state index contributed by atoms with van der Waals surface area (Å²) in [6.07, 6.45) is 0. The van der Waals surface area contributed by atoms with Gasteiger partial charge >= 0.3 is 0 Å². The van der Waals surface area contributed by atoms with E-state index in [9.17, 15) is 9.18 Å². The number of carbonyl (C=O) groups is 1. The molecule has 0 bridgehead atoms. The van der Waals surface area contributed by atoms with Crippen LogP contribution in [0.2, 0.25) is 0 Å². The van der Waals surface area contributed by atoms with E-state index in [1.54, 1.807) is 12.1 Å². The molecule has 0 atom stereocenters. The molecule has 1 aromatic carbocycles. The molecule has 0 amide bonds. The van der Waals surface area contributed by atoms with Crippen molar-refractivity contribution in [3.63, 3.8) is 0 Å². The summed E-state index contributed by atoms with van der Waals surface area (Å²) in [5, 5.41) is 0. The molecule has 1 aliphatic heterocycles. The van der Waals surface area contributed by atoms with Gasteiger partial charge in [-0.05, 0) is 31.7 Å². The lowest BCUT2D eigenvalue weighted by Gasteiger charge is -2.35. The first-order valence-electron chi connectivity index (χ1n) is 6.39. The molecule has 0 aromatic heterocycles. The summed E-state index contributed by atoms with van der Waals surface area (Å²) in [5.74, 6) is -0.399. The Bertz CT molecular complexity index is 439. The van der Waals surface area contributed by atoms with Gasteiger partial charge in [0.05, 0.1) is 5.69 Å². The minimum absolute atomic E-state index is 0.101. The molecule has 18 heavy (non-hydrogen) atoms. The summed E-state index contributed by atoms with van der Waals surface area (Å²) in [7, 11) is 0. The van der Waals surface area contributed by atoms with Crippen molar-refractivity contribution in [3.8, 4) is 0 Å². The molecule has 2 rings (SSSR count). The van der Waals surface area contributed by atoms with Gasteiger partial charge in [0.2, 0.25) is 0 Å². The van der Waals surface area contributed by atoms with Crippen LogP contribution in [0, 0.1) is 5.82 Å². The van der Waals surface area contributed by atoms with Crippen LogP contribution in [0.4, 0.5) is 10.1 Å². The molecule has 1 aliphatic rings. The van der Waals surface area contributed by atoms with Gasteiger partial charge in [0.1, 0.15) is 5.82 Å². The Hall–Kier alpha value is -1.42. The number of Topliss-reactive ketones (excluding diaryl/α,β-unsaturated/α-hetero) is 1. The number of benzene rings is 1. The average molecular weight is 250 g/mol. The van der Waals surface area contributed by atoms with E-state index < -0.39 is 0 Å². The molecule has 1 fully saturated rings. The fourth-order valence-electron chi connectivity index (χ4n) is 2.29. The molecule has 3 nitrogen and oxygen atoms in total. The lowest BCUT2D eigenvalue weighted by Crippen LogP contribution is -2.46. The fraction of sp³-hybridized carbons (Fsp3) is 0.500. The highest BCUT2D eigenvalue weighted by atomic mass is 19.1. The zero-order valence-corrected chi connectivity index (χ0v) is 10.9. The van der Waals surface area contributed by atoms with Gasteiger partial charge in [-0.25, -0.2) is 4.39 Å². The Balaban J connectivity index is 2.12. The standard InChI is InChI=1S/C14H19FN2O/c1-3-16-6-8-17(9-7-16)14-5-4-12(11(2)18)10-13(14)15/h4-5,10H,3,6-9H2,1-2H3. The van der Waals surface area contributed by atoms with Crippen molar-refractivity contribution in [2.75, 3.05) is 37.6 Å². The Kier molecular flexibility index (Phi) is 3.97. The summed E-state index contributed by atoms with van der Waals surface area (Å²) in [5.41, 5.74) is 1.04. The average Bonchev–Trinajstić information content (AvgIpc) is 2.38. The van der Waals surface area contributed by atoms with E-state index in [0.29, 0.717) is 11.3 Å². The first-order chi connectivity index (χ1) is 8.61. The van der Waals surface area contributed by atoms with E-state index in [0.717, 1.165) is 32.7 Å². The Labute approximate surface area is 107 Å². The van der Waals surface area contributed by atoms with Crippen molar-refractivity contribution in [2.24, 2.45) is 0 Å². The van der Waals surface area contributed by atoms with Crippen LogP contribution in [0.25, 0.3) is 0 Å². The van der Waals surface area contributed by atoms with Crippen LogP contribution in [-0.2, 0) is 0 Å². The van der Waals surface area contributed by atoms with Crippen molar-refractivity contribution in [1.29, 1.82) is 0 Å². The van der Waals surface area contributed by atoms with Crippen LogP contribution < -0.4 is 4.90 Å². The monoisotopic (exact) mass is 250 g/mol. The van der Waals surface area contributed by atoms with Crippen molar-refractivity contribution in [1.82, 2.24) is 4.90 Å². The lowest BCUT2D eigenvalue weighted by atomic mass is 10.1. The van der Waals surface area contributed by atoms with Crippen LogP contribution >= 0.6 is 0 Å². The van der Waals surface area contributed by atoms with Gasteiger partial charge in [0.15, 0.2) is 5.78 Å². The number of hydrogen-bond acceptors (Lipinski definition) is 3. The summed E-state index contributed by atoms with van der Waals surface area (Å²) in [6, 6.07) is 4.75. The van der Waals surface area contributed by atoms with Gasteiger partial charge < -0.3 is 9.80 Å². The van der Waals surface area contributed by atoms with Gasteiger partial charge in [-0.15, -0.1) is 0 Å². The van der Waals surface area contributed by atoms with Gasteiger partial charge in [-0.2, -0.15) is 0 Å². The Morgan fingerprint density at radius 3 is 2.44 bits per heavy atom. The summed E-state index contributed by atoms with van der Waals surface area (Å²) in [6.45, 7) is 8.23. The van der Waals surface area contributed by atoms with Crippen LogP contribution in [-0.4, -0.2) is 43.4 Å². The largest absolute Gasteiger partial charge is 0.367 e. The number of piperazine rings is 1. The van der Waals surface area contributed by atoms with E-state index in [1.165, 1.54) is 13.0 Å². The topological polar surface area (TPSA) is 23.6 Å². The van der Waals surface area contributed by atoms with Gasteiger partial charge in [-0.1, -0.05) is 6.92 Å². The maximum absolute atomic E-state index is 14.0. The third-order valence-electron chi connectivity index (χ3n) is 3.51. The molecule has 0 radical (unpaired) electrons. The first kappa shape index (κ1) is 13.0. The third-order valence-corrected chi connectivity index (χ3v) is 3.51. The maximum atomic E-state index is 14.0. The smallest absolute Gasteiger partial charge is 0.159 e. The molecule has 98 valence electrons. The first-order valence-corrected chi connectivity index (χ1v) is 6.39. The fourth-order valence-corrected chi connectivity index (χ4v) is 2.29. The SMILES string of the molecule is CCN1CCN(c2ccc(C(C)=O)cc2F)CC1. The Morgan fingerprint density at radius 1 is 1.28 bits per heavy atom. The second-order valence-electron chi connectivity index (χ2n) is 4.64. The molecule has 1 saturated heterocycles. The molecule has 0 saturated carbocycles. The molecular formula is C14H19FN2O. The number of hydrogen-bond donors (Lipinski definition) is 0. The molecule has 0 unspecified atom stereocenters. The van der Waals surface area contributed by atoms with Crippen LogP contribution in [0.5, 0.6) is 0 Å². The summed E-state index contributed by atoms with van der Waals surface area (Å²) < 4.78 is 14.0. The maximum Gasteiger partial charge on any atom is 0.159 e. The van der Waals surface area contributed by atoms with Gasteiger partial charge in [0.25, 0.3) is 0 Å². The molecule has 1 heterocycles. The van der Waals surface area contributed by atoms with Crippen LogP contribution in [0.3, 0.4) is 0 Å². The van der Waals surface area contributed by atoms with Crippen molar-refractivity contribution < 1.29 is 9.18 Å². The lowest BCUT2D eigenvalue weighted by molar-refractivity contribution is 0.101. The molecule has 0 N–H and O–H groups in total. The quantitative estimate of drug-likeness (QED) is 0.768. The second kappa shape index (κ2) is 5.48. The second-order valence-corrected chi connectivity index (χ2v) is 4.64. The number of rotatable bonds is 3. The van der Waals surface area contributed by atoms with Crippen LogP contribution in [0.1, 0.15) is 24.2 Å². The van der Waals surface area contributed by atoms with E-state index in [4.69, 9.17) is 0 Å². The highest BCUT2D eigenvalue weighted by molar-refractivity contribution is 5.94. The number of ketones is 1. The van der Waals surface area contributed by atoms with Crippen molar-refractivity contribution in [2.45, 2.75) is 13.8 Å². The van der Waals surface area contributed by atoms with Gasteiger partial charge in [-0.3, -0.25) is 4.79 Å². The van der Waals surface area contributed by atoms with Crippen molar-refractivity contribution >= 4 is 11.5 Å². The van der Waals surface area contributed by atoms with Crippen LogP contribution in [0.15, 0.2) is 18.2 Å². The minimum Gasteiger partial charge on any atom is -0.367 e. The molecule has 0 aliphatic carbocycles. The number of carbonyl (C=O) groups excluding carboxylic acids is 1. The minimum atomic E-state index is -0.298. The van der Waals surface area contributed by atoms with Crippen molar-refractivity contribution in [3.05, 3.63) is 29.6 Å². The third kappa shape index (κ3) is 2.70. The Morgan fingerprint density at radius 2 is 1.94 bits per heavy atom. The van der Waals surface area contributed by atoms with E-state index in [1.807, 2.05) is 4.90 Å². The molecule has 1 aromatic rings. The highest BCUT2D eigenvalue weighted by Crippen LogP contribution is 2.22. The predicted octanol–water partition coefficient (Wildman–Crippen LogP) is 2.17. The van der Waals surface area contributed by atoms with E-state index >= 15 is 0 Å².